The van der Waals surface area contributed by atoms with Crippen LogP contribution in [0.15, 0.2) is 59.7 Å². The molecule has 8 nitrogen and oxygen atoms in total. The van der Waals surface area contributed by atoms with Crippen LogP contribution in [0.1, 0.15) is 13.8 Å². The van der Waals surface area contributed by atoms with Crippen molar-refractivity contribution < 1.29 is 9.53 Å². The number of hydrogen-bond donors (Lipinski definition) is 1. The summed E-state index contributed by atoms with van der Waals surface area (Å²) in [5, 5.41) is 11.7. The van der Waals surface area contributed by atoms with Crippen molar-refractivity contribution in [2.24, 2.45) is 0 Å². The summed E-state index contributed by atoms with van der Waals surface area (Å²) >= 11 is 5.85. The topological polar surface area (TPSA) is 91.0 Å². The summed E-state index contributed by atoms with van der Waals surface area (Å²) in [6.45, 7) is 3.78. The normalized spacial score (nSPS) is 11.2. The van der Waals surface area contributed by atoms with Gasteiger partial charge in [0, 0.05) is 30.0 Å². The number of rotatable bonds is 7. The Hall–Kier alpha value is -3.13. The Morgan fingerprint density at radius 1 is 1.21 bits per heavy atom. The number of hydrogen-bond acceptors (Lipinski definition) is 5. The van der Waals surface area contributed by atoms with Gasteiger partial charge in [-0.05, 0) is 50.2 Å². The van der Waals surface area contributed by atoms with Crippen molar-refractivity contribution in [2.45, 2.75) is 26.0 Å². The number of carbonyl (C=O) groups is 1. The van der Waals surface area contributed by atoms with Crippen molar-refractivity contribution in [2.75, 3.05) is 6.54 Å². The average Bonchev–Trinajstić information content (AvgIpc) is 3.19. The van der Waals surface area contributed by atoms with Gasteiger partial charge in [-0.3, -0.25) is 9.59 Å². The first-order chi connectivity index (χ1) is 13.3. The minimum absolute atomic E-state index is 0.219. The lowest BCUT2D eigenvalue weighted by molar-refractivity contribution is -0.134. The summed E-state index contributed by atoms with van der Waals surface area (Å²) in [7, 11) is 0. The van der Waals surface area contributed by atoms with Crippen LogP contribution in [0.2, 0.25) is 5.02 Å². The van der Waals surface area contributed by atoms with Crippen LogP contribution >= 0.6 is 11.6 Å². The van der Waals surface area contributed by atoms with Gasteiger partial charge in [0.15, 0.2) is 11.4 Å². The molecular formula is C19H20ClN5O3. The van der Waals surface area contributed by atoms with Crippen molar-refractivity contribution >= 4 is 17.5 Å². The van der Waals surface area contributed by atoms with Crippen LogP contribution in [-0.2, 0) is 11.3 Å². The highest BCUT2D eigenvalue weighted by atomic mass is 35.5. The minimum atomic E-state index is -1.09. The maximum atomic E-state index is 12.5. The maximum Gasteiger partial charge on any atom is 0.266 e. The Morgan fingerprint density at radius 2 is 1.96 bits per heavy atom. The predicted molar refractivity (Wildman–Crippen MR) is 105 cm³/mol. The lowest BCUT2D eigenvalue weighted by Gasteiger charge is -2.25. The molecule has 0 saturated carbocycles. The van der Waals surface area contributed by atoms with Gasteiger partial charge in [-0.1, -0.05) is 11.6 Å². The first-order valence-corrected chi connectivity index (χ1v) is 9.04. The van der Waals surface area contributed by atoms with Crippen LogP contribution in [0.4, 0.5) is 0 Å². The monoisotopic (exact) mass is 401 g/mol. The van der Waals surface area contributed by atoms with Crippen LogP contribution < -0.4 is 15.6 Å². The van der Waals surface area contributed by atoms with Gasteiger partial charge in [0.1, 0.15) is 5.75 Å². The van der Waals surface area contributed by atoms with E-state index in [-0.39, 0.29) is 24.6 Å². The molecular weight excluding hydrogens is 382 g/mol. The highest BCUT2D eigenvalue weighted by Gasteiger charge is 2.29. The van der Waals surface area contributed by atoms with E-state index in [2.05, 4.69) is 15.5 Å². The Morgan fingerprint density at radius 3 is 2.64 bits per heavy atom. The highest BCUT2D eigenvalue weighted by molar-refractivity contribution is 6.30. The van der Waals surface area contributed by atoms with Gasteiger partial charge >= 0.3 is 0 Å². The zero-order valence-corrected chi connectivity index (χ0v) is 16.3. The highest BCUT2D eigenvalue weighted by Crippen LogP contribution is 2.20. The van der Waals surface area contributed by atoms with Gasteiger partial charge in [-0.15, -0.1) is 5.10 Å². The fraction of sp³-hybridized carbons (Fsp3) is 0.263. The molecule has 1 amide bonds. The van der Waals surface area contributed by atoms with Gasteiger partial charge in [-0.25, -0.2) is 9.36 Å². The molecule has 0 fully saturated rings. The van der Waals surface area contributed by atoms with Crippen molar-refractivity contribution in [3.63, 3.8) is 0 Å². The number of aromatic nitrogens is 4. The van der Waals surface area contributed by atoms with Crippen LogP contribution in [-0.4, -0.2) is 37.6 Å². The second kappa shape index (κ2) is 8.26. The van der Waals surface area contributed by atoms with E-state index in [4.69, 9.17) is 16.3 Å². The zero-order valence-electron chi connectivity index (χ0n) is 15.5. The second-order valence-electron chi connectivity index (χ2n) is 6.53. The van der Waals surface area contributed by atoms with Gasteiger partial charge in [0.2, 0.25) is 0 Å². The Balaban J connectivity index is 1.59. The number of nitrogens with one attached hydrogen (secondary N) is 1. The maximum absolute atomic E-state index is 12.5. The van der Waals surface area contributed by atoms with E-state index >= 15 is 0 Å². The van der Waals surface area contributed by atoms with Crippen LogP contribution in [0.5, 0.6) is 5.75 Å². The Labute approximate surface area is 166 Å². The minimum Gasteiger partial charge on any atom is -0.478 e. The zero-order chi connectivity index (χ0) is 20.1. The molecule has 0 unspecified atom stereocenters. The summed E-state index contributed by atoms with van der Waals surface area (Å²) in [6.07, 6.45) is 3.36. The number of nitrogens with zero attached hydrogens (tertiary/aromatic N) is 4. The molecule has 3 rings (SSSR count). The molecule has 0 saturated heterocycles. The van der Waals surface area contributed by atoms with Gasteiger partial charge in [-0.2, -0.15) is 5.10 Å². The summed E-state index contributed by atoms with van der Waals surface area (Å²) in [6, 6.07) is 11.5. The SMILES string of the molecule is CC(C)(Oc1ccc(Cl)cc1)C(=O)NCCn1nc(-n2cccn2)ccc1=O. The van der Waals surface area contributed by atoms with Gasteiger partial charge in [0.25, 0.3) is 11.5 Å². The summed E-state index contributed by atoms with van der Waals surface area (Å²) in [5.74, 6) is 0.746. The smallest absolute Gasteiger partial charge is 0.266 e. The molecule has 0 aliphatic heterocycles. The van der Waals surface area contributed by atoms with E-state index in [1.807, 2.05) is 0 Å². The number of carbonyl (C=O) groups excluding carboxylic acids is 1. The average molecular weight is 402 g/mol. The molecule has 2 heterocycles. The molecule has 0 spiro atoms. The largest absolute Gasteiger partial charge is 0.478 e. The fourth-order valence-corrected chi connectivity index (χ4v) is 2.58. The molecule has 28 heavy (non-hydrogen) atoms. The molecule has 0 radical (unpaired) electrons. The van der Waals surface area contributed by atoms with E-state index in [0.29, 0.717) is 16.6 Å². The van der Waals surface area contributed by atoms with Crippen molar-refractivity contribution in [3.05, 3.63) is 70.2 Å². The van der Waals surface area contributed by atoms with Crippen molar-refractivity contribution in [1.82, 2.24) is 24.9 Å². The van der Waals surface area contributed by atoms with Crippen molar-refractivity contribution in [3.8, 4) is 11.6 Å². The first-order valence-electron chi connectivity index (χ1n) is 8.66. The molecule has 0 atom stereocenters. The summed E-state index contributed by atoms with van der Waals surface area (Å²) < 4.78 is 8.58. The summed E-state index contributed by atoms with van der Waals surface area (Å²) in [4.78, 5) is 24.5. The Kier molecular flexibility index (Phi) is 5.79. The third-order valence-corrected chi connectivity index (χ3v) is 4.19. The van der Waals surface area contributed by atoms with Crippen LogP contribution in [0.3, 0.4) is 0 Å². The molecule has 0 bridgehead atoms. The summed E-state index contributed by atoms with van der Waals surface area (Å²) in [5.41, 5.74) is -1.36. The molecule has 1 aromatic carbocycles. The molecule has 0 aliphatic rings. The van der Waals surface area contributed by atoms with E-state index in [1.54, 1.807) is 67.3 Å². The molecule has 2 aromatic heterocycles. The lowest BCUT2D eigenvalue weighted by Crippen LogP contribution is -2.47. The third kappa shape index (κ3) is 4.77. The van der Waals surface area contributed by atoms with Crippen molar-refractivity contribution in [1.29, 1.82) is 0 Å². The number of amides is 1. The number of halogens is 1. The molecule has 3 aromatic rings. The number of ether oxygens (including phenoxy) is 1. The number of benzene rings is 1. The van der Waals surface area contributed by atoms with E-state index in [1.165, 1.54) is 10.7 Å². The van der Waals surface area contributed by atoms with E-state index in [9.17, 15) is 9.59 Å². The quantitative estimate of drug-likeness (QED) is 0.654. The second-order valence-corrected chi connectivity index (χ2v) is 6.96. The lowest BCUT2D eigenvalue weighted by atomic mass is 10.1. The van der Waals surface area contributed by atoms with Gasteiger partial charge in [0.05, 0.1) is 6.54 Å². The van der Waals surface area contributed by atoms with Crippen LogP contribution in [0, 0.1) is 0 Å². The predicted octanol–water partition coefficient (Wildman–Crippen LogP) is 2.06. The van der Waals surface area contributed by atoms with E-state index in [0.717, 1.165) is 0 Å². The van der Waals surface area contributed by atoms with Gasteiger partial charge < -0.3 is 10.1 Å². The van der Waals surface area contributed by atoms with Crippen LogP contribution in [0.25, 0.3) is 5.82 Å². The molecule has 0 aliphatic carbocycles. The molecule has 9 heteroatoms. The standard InChI is InChI=1S/C19H20ClN5O3/c1-19(2,28-15-6-4-14(20)5-7-15)18(27)21-11-13-25-17(26)9-8-16(23-25)24-12-3-10-22-24/h3-10,12H,11,13H2,1-2H3,(H,21,27). The molecule has 146 valence electrons. The Bertz CT molecular complexity index is 997. The fourth-order valence-electron chi connectivity index (χ4n) is 2.46. The third-order valence-electron chi connectivity index (χ3n) is 3.93. The molecule has 1 N–H and O–H groups in total. The van der Waals surface area contributed by atoms with E-state index < -0.39 is 5.60 Å². The first kappa shape index (κ1) is 19.6.